The van der Waals surface area contributed by atoms with Gasteiger partial charge in [0.05, 0.1) is 12.4 Å². The second-order valence-corrected chi connectivity index (χ2v) is 4.91. The van der Waals surface area contributed by atoms with Gasteiger partial charge in [0.1, 0.15) is 11.5 Å². The fourth-order valence-electron chi connectivity index (χ4n) is 2.38. The predicted octanol–water partition coefficient (Wildman–Crippen LogP) is 0.862. The van der Waals surface area contributed by atoms with Crippen molar-refractivity contribution in [1.82, 2.24) is 14.9 Å². The first-order valence-corrected chi connectivity index (χ1v) is 6.79. The van der Waals surface area contributed by atoms with Crippen LogP contribution in [0, 0.1) is 0 Å². The Labute approximate surface area is 113 Å². The van der Waals surface area contributed by atoms with Crippen molar-refractivity contribution in [3.8, 4) is 0 Å². The minimum Gasteiger partial charge on any atom is -0.366 e. The van der Waals surface area contributed by atoms with Crippen LogP contribution in [-0.2, 0) is 0 Å². The van der Waals surface area contributed by atoms with Crippen LogP contribution in [0.4, 0.5) is 5.82 Å². The Bertz CT molecular complexity index is 429. The lowest BCUT2D eigenvalue weighted by atomic mass is 10.1. The van der Waals surface area contributed by atoms with Gasteiger partial charge in [0.25, 0.3) is 5.91 Å². The molecule has 1 aromatic rings. The van der Waals surface area contributed by atoms with Crippen LogP contribution in [0.1, 0.15) is 36.7 Å². The third kappa shape index (κ3) is 3.89. The number of primary amides is 1. The molecule has 1 aliphatic rings. The summed E-state index contributed by atoms with van der Waals surface area (Å²) >= 11 is 0. The number of nitrogens with two attached hydrogens (primary N) is 1. The van der Waals surface area contributed by atoms with Gasteiger partial charge in [-0.15, -0.1) is 0 Å². The lowest BCUT2D eigenvalue weighted by Gasteiger charge is -2.32. The standard InChI is InChI=1S/C13H21N5O/c1-2-5-18-6-3-10(4-7-18)16-12-9-15-8-11(17-12)13(14)19/h8-10H,2-7H2,1H3,(H2,14,19)(H,16,17). The maximum Gasteiger partial charge on any atom is 0.268 e. The van der Waals surface area contributed by atoms with Crippen LogP contribution in [0.3, 0.4) is 0 Å². The highest BCUT2D eigenvalue weighted by molar-refractivity contribution is 5.90. The van der Waals surface area contributed by atoms with Crippen LogP contribution < -0.4 is 11.1 Å². The first-order chi connectivity index (χ1) is 9.19. The molecule has 6 heteroatoms. The summed E-state index contributed by atoms with van der Waals surface area (Å²) in [6.07, 6.45) is 6.39. The summed E-state index contributed by atoms with van der Waals surface area (Å²) < 4.78 is 0. The van der Waals surface area contributed by atoms with Crippen molar-refractivity contribution in [2.45, 2.75) is 32.2 Å². The molecular formula is C13H21N5O. The quantitative estimate of drug-likeness (QED) is 0.823. The minimum absolute atomic E-state index is 0.202. The summed E-state index contributed by atoms with van der Waals surface area (Å²) in [4.78, 5) is 21.7. The van der Waals surface area contributed by atoms with Crippen LogP contribution in [0.15, 0.2) is 12.4 Å². The molecule has 0 bridgehead atoms. The van der Waals surface area contributed by atoms with E-state index in [-0.39, 0.29) is 5.69 Å². The molecule has 0 unspecified atom stereocenters. The predicted molar refractivity (Wildman–Crippen MR) is 73.9 cm³/mol. The summed E-state index contributed by atoms with van der Waals surface area (Å²) in [5, 5.41) is 3.33. The number of carbonyl (C=O) groups is 1. The molecule has 1 fully saturated rings. The number of hydrogen-bond donors (Lipinski definition) is 2. The largest absolute Gasteiger partial charge is 0.366 e. The van der Waals surface area contributed by atoms with Gasteiger partial charge in [-0.1, -0.05) is 6.92 Å². The van der Waals surface area contributed by atoms with Crippen molar-refractivity contribution in [2.24, 2.45) is 5.73 Å². The number of hydrogen-bond acceptors (Lipinski definition) is 5. The highest BCUT2D eigenvalue weighted by Gasteiger charge is 2.18. The fraction of sp³-hybridized carbons (Fsp3) is 0.615. The first kappa shape index (κ1) is 13.7. The Morgan fingerprint density at radius 3 is 2.84 bits per heavy atom. The van der Waals surface area contributed by atoms with Crippen molar-refractivity contribution in [2.75, 3.05) is 25.0 Å². The summed E-state index contributed by atoms with van der Waals surface area (Å²) in [6, 6.07) is 0.394. The zero-order valence-electron chi connectivity index (χ0n) is 11.3. The topological polar surface area (TPSA) is 84.1 Å². The zero-order chi connectivity index (χ0) is 13.7. The zero-order valence-corrected chi connectivity index (χ0v) is 11.3. The van der Waals surface area contributed by atoms with Crippen molar-refractivity contribution in [3.63, 3.8) is 0 Å². The molecule has 0 aliphatic carbocycles. The fourth-order valence-corrected chi connectivity index (χ4v) is 2.38. The molecule has 1 amide bonds. The van der Waals surface area contributed by atoms with Gasteiger partial charge in [0.15, 0.2) is 0 Å². The molecule has 0 saturated carbocycles. The van der Waals surface area contributed by atoms with Gasteiger partial charge in [-0.2, -0.15) is 0 Å². The molecule has 1 saturated heterocycles. The maximum atomic E-state index is 11.0. The number of carbonyl (C=O) groups excluding carboxylic acids is 1. The summed E-state index contributed by atoms with van der Waals surface area (Å²) in [5.41, 5.74) is 5.39. The molecule has 2 rings (SSSR count). The molecule has 2 heterocycles. The second-order valence-electron chi connectivity index (χ2n) is 4.91. The van der Waals surface area contributed by atoms with Crippen LogP contribution in [-0.4, -0.2) is 46.5 Å². The summed E-state index contributed by atoms with van der Waals surface area (Å²) in [5.74, 6) is 0.0826. The SMILES string of the molecule is CCCN1CCC(Nc2cncc(C(N)=O)n2)CC1. The third-order valence-corrected chi connectivity index (χ3v) is 3.37. The minimum atomic E-state index is -0.547. The average Bonchev–Trinajstić information content (AvgIpc) is 2.42. The van der Waals surface area contributed by atoms with E-state index in [9.17, 15) is 4.79 Å². The molecule has 19 heavy (non-hydrogen) atoms. The van der Waals surface area contributed by atoms with Crippen molar-refractivity contribution >= 4 is 11.7 Å². The Hall–Kier alpha value is -1.69. The molecule has 0 atom stereocenters. The number of nitrogens with zero attached hydrogens (tertiary/aromatic N) is 3. The van der Waals surface area contributed by atoms with Gasteiger partial charge in [0, 0.05) is 19.1 Å². The number of nitrogens with one attached hydrogen (secondary N) is 1. The monoisotopic (exact) mass is 263 g/mol. The van der Waals surface area contributed by atoms with E-state index in [4.69, 9.17) is 5.73 Å². The molecule has 0 spiro atoms. The number of anilines is 1. The van der Waals surface area contributed by atoms with E-state index in [0.29, 0.717) is 11.9 Å². The number of rotatable bonds is 5. The van der Waals surface area contributed by atoms with E-state index >= 15 is 0 Å². The van der Waals surface area contributed by atoms with Crippen molar-refractivity contribution in [3.05, 3.63) is 18.1 Å². The molecule has 6 nitrogen and oxygen atoms in total. The van der Waals surface area contributed by atoms with E-state index in [1.807, 2.05) is 0 Å². The van der Waals surface area contributed by atoms with Crippen LogP contribution in [0.5, 0.6) is 0 Å². The van der Waals surface area contributed by atoms with Gasteiger partial charge in [0.2, 0.25) is 0 Å². The van der Waals surface area contributed by atoms with E-state index in [0.717, 1.165) is 25.9 Å². The van der Waals surface area contributed by atoms with Gasteiger partial charge in [-0.3, -0.25) is 9.78 Å². The Morgan fingerprint density at radius 1 is 1.47 bits per heavy atom. The lowest BCUT2D eigenvalue weighted by molar-refractivity contribution is 0.0995. The highest BCUT2D eigenvalue weighted by Crippen LogP contribution is 2.15. The molecular weight excluding hydrogens is 242 g/mol. The van der Waals surface area contributed by atoms with Gasteiger partial charge >= 0.3 is 0 Å². The van der Waals surface area contributed by atoms with Crippen molar-refractivity contribution in [1.29, 1.82) is 0 Å². The van der Waals surface area contributed by atoms with Crippen LogP contribution in [0.25, 0.3) is 0 Å². The van der Waals surface area contributed by atoms with Crippen LogP contribution >= 0.6 is 0 Å². The highest BCUT2D eigenvalue weighted by atomic mass is 16.1. The lowest BCUT2D eigenvalue weighted by Crippen LogP contribution is -2.39. The summed E-state index contributed by atoms with van der Waals surface area (Å²) in [7, 11) is 0. The second kappa shape index (κ2) is 6.47. The molecule has 1 aliphatic heterocycles. The van der Waals surface area contributed by atoms with Gasteiger partial charge < -0.3 is 16.0 Å². The smallest absolute Gasteiger partial charge is 0.268 e. The maximum absolute atomic E-state index is 11.0. The molecule has 1 aromatic heterocycles. The molecule has 0 aromatic carbocycles. The molecule has 0 radical (unpaired) electrons. The normalized spacial score (nSPS) is 17.3. The van der Waals surface area contributed by atoms with E-state index < -0.39 is 5.91 Å². The van der Waals surface area contributed by atoms with E-state index in [1.54, 1.807) is 6.20 Å². The first-order valence-electron chi connectivity index (χ1n) is 6.79. The van der Waals surface area contributed by atoms with Gasteiger partial charge in [-0.05, 0) is 25.8 Å². The summed E-state index contributed by atoms with van der Waals surface area (Å²) in [6.45, 7) is 5.59. The number of piperidine rings is 1. The number of likely N-dealkylation sites (tertiary alicyclic amines) is 1. The number of amides is 1. The van der Waals surface area contributed by atoms with Crippen molar-refractivity contribution < 1.29 is 4.79 Å². The van der Waals surface area contributed by atoms with E-state index in [1.165, 1.54) is 19.2 Å². The van der Waals surface area contributed by atoms with Crippen LogP contribution in [0.2, 0.25) is 0 Å². The van der Waals surface area contributed by atoms with E-state index in [2.05, 4.69) is 27.1 Å². The molecule has 104 valence electrons. The molecule has 3 N–H and O–H groups in total. The Morgan fingerprint density at radius 2 is 2.21 bits per heavy atom. The Balaban J connectivity index is 1.88. The van der Waals surface area contributed by atoms with Gasteiger partial charge in [-0.25, -0.2) is 4.98 Å². The average molecular weight is 263 g/mol. The number of aromatic nitrogens is 2. The Kier molecular flexibility index (Phi) is 4.68. The third-order valence-electron chi connectivity index (χ3n) is 3.37.